The highest BCUT2D eigenvalue weighted by Gasteiger charge is 2.17. The van der Waals surface area contributed by atoms with Gasteiger partial charge in [0.05, 0.1) is 18.1 Å². The van der Waals surface area contributed by atoms with E-state index in [0.717, 1.165) is 27.7 Å². The highest BCUT2D eigenvalue weighted by molar-refractivity contribution is 5.93. The van der Waals surface area contributed by atoms with Crippen LogP contribution in [-0.4, -0.2) is 32.9 Å². The van der Waals surface area contributed by atoms with Crippen LogP contribution in [-0.2, 0) is 6.54 Å². The lowest BCUT2D eigenvalue weighted by molar-refractivity contribution is 0.0940. The van der Waals surface area contributed by atoms with E-state index in [2.05, 4.69) is 26.3 Å². The quantitative estimate of drug-likeness (QED) is 0.558. The van der Waals surface area contributed by atoms with Gasteiger partial charge in [-0.2, -0.15) is 0 Å². The minimum Gasteiger partial charge on any atom is -0.353 e. The fourth-order valence-corrected chi connectivity index (χ4v) is 2.75. The van der Waals surface area contributed by atoms with Gasteiger partial charge in [0.25, 0.3) is 5.91 Å². The highest BCUT2D eigenvalue weighted by atomic mass is 16.1. The number of hydrogen-bond acceptors (Lipinski definition) is 5. The summed E-state index contributed by atoms with van der Waals surface area (Å²) in [5.74, 6) is -0.294. The van der Waals surface area contributed by atoms with Crippen molar-refractivity contribution in [2.24, 2.45) is 11.5 Å². The van der Waals surface area contributed by atoms with E-state index >= 15 is 0 Å². The minimum absolute atomic E-state index is 0.257. The fraction of sp³-hybridized carbons (Fsp3) is 0.316. The molecule has 2 heterocycles. The number of aromatic amines is 1. The van der Waals surface area contributed by atoms with Crippen molar-refractivity contribution in [2.45, 2.75) is 32.9 Å². The molecule has 0 aliphatic rings. The van der Waals surface area contributed by atoms with Crippen molar-refractivity contribution < 1.29 is 4.79 Å². The van der Waals surface area contributed by atoms with Gasteiger partial charge < -0.3 is 21.8 Å². The van der Waals surface area contributed by atoms with E-state index in [1.165, 1.54) is 6.20 Å². The fourth-order valence-electron chi connectivity index (χ4n) is 2.75. The van der Waals surface area contributed by atoms with E-state index in [1.54, 1.807) is 6.20 Å². The molecule has 0 radical (unpaired) electrons. The van der Waals surface area contributed by atoms with Gasteiger partial charge in [0.15, 0.2) is 0 Å². The molecular weight excluding hydrogens is 328 g/mol. The Kier molecular flexibility index (Phi) is 4.76. The van der Waals surface area contributed by atoms with Gasteiger partial charge in [-0.1, -0.05) is 6.07 Å². The number of H-pyrrole nitrogens is 1. The van der Waals surface area contributed by atoms with Gasteiger partial charge in [-0.15, -0.1) is 0 Å². The molecule has 136 valence electrons. The minimum atomic E-state index is -0.491. The summed E-state index contributed by atoms with van der Waals surface area (Å²) in [7, 11) is 0. The van der Waals surface area contributed by atoms with Crippen LogP contribution in [0.3, 0.4) is 0 Å². The number of amides is 1. The van der Waals surface area contributed by atoms with Gasteiger partial charge >= 0.3 is 0 Å². The maximum absolute atomic E-state index is 12.3. The van der Waals surface area contributed by atoms with Crippen molar-refractivity contribution >= 4 is 16.8 Å². The van der Waals surface area contributed by atoms with E-state index in [0.29, 0.717) is 18.8 Å². The molecule has 0 saturated heterocycles. The Hall–Kier alpha value is -2.77. The molecule has 0 aliphatic heterocycles. The van der Waals surface area contributed by atoms with Crippen LogP contribution in [0.1, 0.15) is 35.5 Å². The Balaban J connectivity index is 1.94. The summed E-state index contributed by atoms with van der Waals surface area (Å²) in [5, 5.41) is 3.87. The number of benzene rings is 1. The number of carbonyl (C=O) groups excluding carboxylic acids is 1. The lowest BCUT2D eigenvalue weighted by Crippen LogP contribution is -2.45. The zero-order chi connectivity index (χ0) is 18.9. The van der Waals surface area contributed by atoms with Crippen molar-refractivity contribution in [3.63, 3.8) is 0 Å². The average Bonchev–Trinajstić information content (AvgIpc) is 2.95. The van der Waals surface area contributed by atoms with Crippen LogP contribution in [0.15, 0.2) is 30.6 Å². The van der Waals surface area contributed by atoms with Crippen molar-refractivity contribution in [1.82, 2.24) is 20.3 Å². The Labute approximate surface area is 152 Å². The smallest absolute Gasteiger partial charge is 0.271 e. The van der Waals surface area contributed by atoms with Crippen LogP contribution < -0.4 is 16.8 Å². The molecule has 0 spiro atoms. The van der Waals surface area contributed by atoms with Crippen LogP contribution in [0.2, 0.25) is 0 Å². The van der Waals surface area contributed by atoms with Gasteiger partial charge in [-0.05, 0) is 44.0 Å². The van der Waals surface area contributed by atoms with Gasteiger partial charge in [-0.3, -0.25) is 9.78 Å². The second-order valence-corrected chi connectivity index (χ2v) is 7.17. The van der Waals surface area contributed by atoms with Crippen LogP contribution in [0.25, 0.3) is 22.3 Å². The summed E-state index contributed by atoms with van der Waals surface area (Å²) >= 11 is 0. The molecule has 0 atom stereocenters. The molecule has 1 aromatic carbocycles. The monoisotopic (exact) mass is 352 g/mol. The first kappa shape index (κ1) is 18.0. The Morgan fingerprint density at radius 3 is 2.77 bits per heavy atom. The van der Waals surface area contributed by atoms with E-state index in [-0.39, 0.29) is 11.6 Å². The zero-order valence-corrected chi connectivity index (χ0v) is 15.3. The lowest BCUT2D eigenvalue weighted by atomic mass is 10.1. The number of fused-ring (bicyclic) bond motifs is 1. The third kappa shape index (κ3) is 3.74. The Morgan fingerprint density at radius 1 is 1.31 bits per heavy atom. The number of carbonyl (C=O) groups is 1. The molecule has 3 rings (SSSR count). The molecule has 0 saturated carbocycles. The van der Waals surface area contributed by atoms with Gasteiger partial charge in [-0.25, -0.2) is 4.98 Å². The number of aryl methyl sites for hydroxylation is 1. The maximum atomic E-state index is 12.3. The first-order valence-electron chi connectivity index (χ1n) is 8.49. The number of aromatic nitrogens is 3. The third-order valence-electron chi connectivity index (χ3n) is 4.19. The summed E-state index contributed by atoms with van der Waals surface area (Å²) in [5.41, 5.74) is 16.0. The van der Waals surface area contributed by atoms with Crippen molar-refractivity contribution in [3.8, 4) is 11.4 Å². The van der Waals surface area contributed by atoms with Crippen LogP contribution in [0.4, 0.5) is 0 Å². The average molecular weight is 352 g/mol. The number of hydrogen-bond donors (Lipinski definition) is 4. The first-order valence-corrected chi connectivity index (χ1v) is 8.49. The SMILES string of the molecule is Cc1c(-c2cncc(C(=O)NCC(C)(C)N)n2)[nH]c2ccc(CN)cc12. The Morgan fingerprint density at radius 2 is 2.08 bits per heavy atom. The molecule has 0 fully saturated rings. The van der Waals surface area contributed by atoms with Crippen LogP contribution >= 0.6 is 0 Å². The number of nitrogens with one attached hydrogen (secondary N) is 2. The lowest BCUT2D eigenvalue weighted by Gasteiger charge is -2.18. The summed E-state index contributed by atoms with van der Waals surface area (Å²) in [6.07, 6.45) is 3.10. The van der Waals surface area contributed by atoms with Gasteiger partial charge in [0.2, 0.25) is 0 Å². The normalized spacial score (nSPS) is 11.7. The molecule has 3 aromatic rings. The van der Waals surface area contributed by atoms with E-state index in [4.69, 9.17) is 11.5 Å². The van der Waals surface area contributed by atoms with Crippen LogP contribution in [0, 0.1) is 6.92 Å². The Bertz CT molecular complexity index is 954. The van der Waals surface area contributed by atoms with Crippen molar-refractivity contribution in [1.29, 1.82) is 0 Å². The second kappa shape index (κ2) is 6.86. The maximum Gasteiger partial charge on any atom is 0.271 e. The summed E-state index contributed by atoms with van der Waals surface area (Å²) in [4.78, 5) is 24.3. The summed E-state index contributed by atoms with van der Waals surface area (Å²) in [6.45, 7) is 6.55. The zero-order valence-electron chi connectivity index (χ0n) is 15.3. The largest absolute Gasteiger partial charge is 0.353 e. The molecule has 7 nitrogen and oxygen atoms in total. The van der Waals surface area contributed by atoms with Gasteiger partial charge in [0.1, 0.15) is 11.4 Å². The first-order chi connectivity index (χ1) is 12.3. The highest BCUT2D eigenvalue weighted by Crippen LogP contribution is 2.29. The molecule has 1 amide bonds. The number of rotatable bonds is 5. The predicted molar refractivity (Wildman–Crippen MR) is 103 cm³/mol. The van der Waals surface area contributed by atoms with Crippen molar-refractivity contribution in [2.75, 3.05) is 6.54 Å². The van der Waals surface area contributed by atoms with E-state index in [9.17, 15) is 4.79 Å². The number of nitrogens with two attached hydrogens (primary N) is 2. The predicted octanol–water partition coefficient (Wildman–Crippen LogP) is 1.86. The molecular formula is C19H24N6O. The summed E-state index contributed by atoms with van der Waals surface area (Å²) in [6, 6.07) is 6.06. The molecule has 6 N–H and O–H groups in total. The number of nitrogens with zero attached hydrogens (tertiary/aromatic N) is 2. The molecule has 26 heavy (non-hydrogen) atoms. The van der Waals surface area contributed by atoms with Gasteiger partial charge in [0, 0.05) is 29.5 Å². The molecule has 0 bridgehead atoms. The molecule has 2 aromatic heterocycles. The standard InChI is InChI=1S/C19H24N6O/c1-11-13-6-12(7-20)4-5-14(13)25-17(11)15-8-22-9-16(24-15)18(26)23-10-19(2,3)21/h4-6,8-9,25H,7,10,20-21H2,1-3H3,(H,23,26). The van der Waals surface area contributed by atoms with Crippen LogP contribution in [0.5, 0.6) is 0 Å². The van der Waals surface area contributed by atoms with E-state index < -0.39 is 5.54 Å². The topological polar surface area (TPSA) is 123 Å². The molecule has 7 heteroatoms. The molecule has 0 aliphatic carbocycles. The second-order valence-electron chi connectivity index (χ2n) is 7.17. The van der Waals surface area contributed by atoms with E-state index in [1.807, 2.05) is 32.9 Å². The third-order valence-corrected chi connectivity index (χ3v) is 4.19. The molecule has 0 unspecified atom stereocenters. The van der Waals surface area contributed by atoms with Crippen molar-refractivity contribution in [3.05, 3.63) is 47.4 Å². The summed E-state index contributed by atoms with van der Waals surface area (Å²) < 4.78 is 0.